The number of ether oxygens (including phenoxy) is 1. The van der Waals surface area contributed by atoms with Gasteiger partial charge in [-0.25, -0.2) is 4.98 Å². The predicted molar refractivity (Wildman–Crippen MR) is 77.9 cm³/mol. The van der Waals surface area contributed by atoms with Crippen LogP contribution in [0.25, 0.3) is 11.0 Å². The Morgan fingerprint density at radius 3 is 3.10 bits per heavy atom. The lowest BCUT2D eigenvalue weighted by Crippen LogP contribution is -2.25. The van der Waals surface area contributed by atoms with Crippen molar-refractivity contribution in [1.82, 2.24) is 14.8 Å². The monoisotopic (exact) mass is 284 g/mol. The zero-order chi connectivity index (χ0) is 14.2. The minimum absolute atomic E-state index is 0.0125. The normalized spacial score (nSPS) is 22.0. The number of rotatable bonds is 3. The zero-order valence-electron chi connectivity index (χ0n) is 11.7. The van der Waals surface area contributed by atoms with Crippen molar-refractivity contribution < 1.29 is 9.15 Å². The van der Waals surface area contributed by atoms with Crippen LogP contribution in [-0.4, -0.2) is 27.4 Å². The van der Waals surface area contributed by atoms with Gasteiger partial charge in [0.15, 0.2) is 0 Å². The fourth-order valence-corrected chi connectivity index (χ4v) is 2.88. The molecule has 0 spiro atoms. The van der Waals surface area contributed by atoms with E-state index in [1.807, 2.05) is 29.9 Å². The molecule has 21 heavy (non-hydrogen) atoms. The highest BCUT2D eigenvalue weighted by atomic mass is 16.5. The Labute approximate surface area is 121 Å². The molecule has 0 bridgehead atoms. The van der Waals surface area contributed by atoms with Crippen LogP contribution in [0, 0.1) is 0 Å². The van der Waals surface area contributed by atoms with E-state index in [1.54, 1.807) is 18.7 Å². The molecule has 3 aromatic rings. The molecule has 1 N–H and O–H groups in total. The first-order valence-electron chi connectivity index (χ1n) is 7.01. The van der Waals surface area contributed by atoms with Crippen molar-refractivity contribution in [2.24, 2.45) is 7.05 Å². The quantitative estimate of drug-likeness (QED) is 0.800. The second kappa shape index (κ2) is 4.89. The Hall–Kier alpha value is -2.34. The van der Waals surface area contributed by atoms with Crippen LogP contribution in [0.3, 0.4) is 0 Å². The molecule has 6 nitrogen and oxygen atoms in total. The molecule has 4 heterocycles. The second-order valence-electron chi connectivity index (χ2n) is 5.20. The van der Waals surface area contributed by atoms with E-state index in [-0.39, 0.29) is 12.1 Å². The fraction of sp³-hybridized carbons (Fsp3) is 0.333. The van der Waals surface area contributed by atoms with Crippen LogP contribution >= 0.6 is 0 Å². The summed E-state index contributed by atoms with van der Waals surface area (Å²) in [5.41, 5.74) is 1.91. The van der Waals surface area contributed by atoms with E-state index < -0.39 is 0 Å². The van der Waals surface area contributed by atoms with Crippen molar-refractivity contribution >= 4 is 16.8 Å². The molecule has 0 radical (unpaired) electrons. The van der Waals surface area contributed by atoms with E-state index in [1.165, 1.54) is 0 Å². The van der Waals surface area contributed by atoms with Crippen molar-refractivity contribution in [2.45, 2.75) is 18.6 Å². The molecule has 1 saturated heterocycles. The molecule has 0 unspecified atom stereocenters. The Balaban J connectivity index is 1.64. The van der Waals surface area contributed by atoms with Crippen molar-refractivity contribution in [3.63, 3.8) is 0 Å². The van der Waals surface area contributed by atoms with E-state index in [0.29, 0.717) is 0 Å². The predicted octanol–water partition coefficient (Wildman–Crippen LogP) is 2.50. The molecule has 2 atom stereocenters. The number of hydrogen-bond donors (Lipinski definition) is 1. The summed E-state index contributed by atoms with van der Waals surface area (Å²) in [6.45, 7) is 0.731. The Kier molecular flexibility index (Phi) is 2.89. The summed E-state index contributed by atoms with van der Waals surface area (Å²) < 4.78 is 13.2. The number of aromatic nitrogens is 3. The topological polar surface area (TPSA) is 65.1 Å². The van der Waals surface area contributed by atoms with Crippen LogP contribution in [0.4, 0.5) is 5.82 Å². The first-order chi connectivity index (χ1) is 10.3. The van der Waals surface area contributed by atoms with Crippen LogP contribution in [0.5, 0.6) is 0 Å². The van der Waals surface area contributed by atoms with Crippen molar-refractivity contribution in [3.05, 3.63) is 42.5 Å². The van der Waals surface area contributed by atoms with Gasteiger partial charge in [-0.1, -0.05) is 0 Å². The molecule has 3 aromatic heterocycles. The summed E-state index contributed by atoms with van der Waals surface area (Å²) in [5.74, 6) is 0.837. The molecule has 6 heteroatoms. The minimum Gasteiger partial charge on any atom is -0.464 e. The van der Waals surface area contributed by atoms with E-state index in [0.717, 1.165) is 35.5 Å². The van der Waals surface area contributed by atoms with Gasteiger partial charge >= 0.3 is 0 Å². The molecule has 1 aliphatic heterocycles. The summed E-state index contributed by atoms with van der Waals surface area (Å²) in [5, 5.41) is 8.71. The maximum absolute atomic E-state index is 5.88. The summed E-state index contributed by atoms with van der Waals surface area (Å²) in [6, 6.07) is 5.97. The van der Waals surface area contributed by atoms with Crippen LogP contribution in [0.1, 0.15) is 18.2 Å². The molecule has 1 aliphatic rings. The largest absolute Gasteiger partial charge is 0.464 e. The third-order valence-corrected chi connectivity index (χ3v) is 3.94. The van der Waals surface area contributed by atoms with Gasteiger partial charge in [0.25, 0.3) is 0 Å². The van der Waals surface area contributed by atoms with Gasteiger partial charge in [-0.3, -0.25) is 4.68 Å². The maximum Gasteiger partial charge on any atom is 0.139 e. The van der Waals surface area contributed by atoms with E-state index >= 15 is 0 Å². The number of anilines is 1. The number of pyridine rings is 1. The highest BCUT2D eigenvalue weighted by Crippen LogP contribution is 2.32. The summed E-state index contributed by atoms with van der Waals surface area (Å²) in [6.07, 6.45) is 6.15. The lowest BCUT2D eigenvalue weighted by atomic mass is 10.1. The minimum atomic E-state index is -0.0125. The second-order valence-corrected chi connectivity index (χ2v) is 5.20. The van der Waals surface area contributed by atoms with E-state index in [9.17, 15) is 0 Å². The Morgan fingerprint density at radius 2 is 2.24 bits per heavy atom. The lowest BCUT2D eigenvalue weighted by molar-refractivity contribution is 0.101. The average Bonchev–Trinajstić information content (AvgIpc) is 3.19. The van der Waals surface area contributed by atoms with Crippen LogP contribution in [0.15, 0.2) is 41.3 Å². The number of nitrogens with zero attached hydrogens (tertiary/aromatic N) is 3. The van der Waals surface area contributed by atoms with Gasteiger partial charge in [-0.2, -0.15) is 5.10 Å². The number of nitrogens with one attached hydrogen (secondary N) is 1. The van der Waals surface area contributed by atoms with Gasteiger partial charge in [0.05, 0.1) is 23.4 Å². The molecule has 0 saturated carbocycles. The number of fused-ring (bicyclic) bond motifs is 1. The van der Waals surface area contributed by atoms with Gasteiger partial charge in [0.2, 0.25) is 0 Å². The van der Waals surface area contributed by atoms with Crippen LogP contribution in [-0.2, 0) is 11.8 Å². The van der Waals surface area contributed by atoms with Gasteiger partial charge in [-0.05, 0) is 24.6 Å². The van der Waals surface area contributed by atoms with Crippen LogP contribution in [0.2, 0.25) is 0 Å². The van der Waals surface area contributed by atoms with Crippen molar-refractivity contribution in [2.75, 3.05) is 11.9 Å². The van der Waals surface area contributed by atoms with E-state index in [2.05, 4.69) is 15.4 Å². The number of furan rings is 1. The van der Waals surface area contributed by atoms with Crippen LogP contribution < -0.4 is 5.32 Å². The Bertz CT molecular complexity index is 764. The highest BCUT2D eigenvalue weighted by molar-refractivity contribution is 5.87. The standard InChI is InChI=1S/C15H16N4O2/c1-19-12(2-7-17-19)14-11(5-9-21-14)18-15-10-4-8-20-13(10)3-6-16-15/h2-4,6-8,11,14H,5,9H2,1H3,(H,16,18)/t11-,14-/m0/s1. The molecule has 4 rings (SSSR count). The van der Waals surface area contributed by atoms with Crippen molar-refractivity contribution in [1.29, 1.82) is 0 Å². The molecule has 108 valence electrons. The van der Waals surface area contributed by atoms with Gasteiger partial charge < -0.3 is 14.5 Å². The third-order valence-electron chi connectivity index (χ3n) is 3.94. The first-order valence-corrected chi connectivity index (χ1v) is 7.01. The number of hydrogen-bond acceptors (Lipinski definition) is 5. The smallest absolute Gasteiger partial charge is 0.139 e. The van der Waals surface area contributed by atoms with Crippen molar-refractivity contribution in [3.8, 4) is 0 Å². The van der Waals surface area contributed by atoms with Gasteiger partial charge in [0, 0.05) is 26.0 Å². The molecule has 1 fully saturated rings. The first kappa shape index (κ1) is 12.4. The third kappa shape index (κ3) is 2.08. The molecule has 0 aromatic carbocycles. The number of aryl methyl sites for hydroxylation is 1. The lowest BCUT2D eigenvalue weighted by Gasteiger charge is -2.20. The summed E-state index contributed by atoms with van der Waals surface area (Å²) in [4.78, 5) is 4.43. The molecule has 0 aliphatic carbocycles. The van der Waals surface area contributed by atoms with Gasteiger partial charge in [0.1, 0.15) is 17.5 Å². The summed E-state index contributed by atoms with van der Waals surface area (Å²) >= 11 is 0. The fourth-order valence-electron chi connectivity index (χ4n) is 2.88. The SMILES string of the molecule is Cn1nccc1[C@H]1OCC[C@@H]1Nc1nccc2occc12. The van der Waals surface area contributed by atoms with Gasteiger partial charge in [-0.15, -0.1) is 0 Å². The average molecular weight is 284 g/mol. The maximum atomic E-state index is 5.88. The molecule has 0 amide bonds. The summed E-state index contributed by atoms with van der Waals surface area (Å²) in [7, 11) is 1.93. The zero-order valence-corrected chi connectivity index (χ0v) is 11.7. The molecular weight excluding hydrogens is 268 g/mol. The highest BCUT2D eigenvalue weighted by Gasteiger charge is 2.32. The molecular formula is C15H16N4O2. The van der Waals surface area contributed by atoms with E-state index in [4.69, 9.17) is 9.15 Å². The Morgan fingerprint density at radius 1 is 1.29 bits per heavy atom.